The molecular weight excluding hydrogens is 346 g/mol. The van der Waals surface area contributed by atoms with Crippen LogP contribution in [-0.2, 0) is 17.9 Å². The van der Waals surface area contributed by atoms with E-state index in [9.17, 15) is 4.79 Å². The van der Waals surface area contributed by atoms with Crippen LogP contribution in [0.2, 0.25) is 5.15 Å². The highest BCUT2D eigenvalue weighted by Crippen LogP contribution is 2.24. The van der Waals surface area contributed by atoms with Crippen molar-refractivity contribution in [2.75, 3.05) is 11.9 Å². The summed E-state index contributed by atoms with van der Waals surface area (Å²) in [6, 6.07) is 18.3. The van der Waals surface area contributed by atoms with E-state index in [4.69, 9.17) is 11.6 Å². The SMILES string of the molecule is O=C1CCCN1Cc1cccc(CNc2cc3ccccc3c(Cl)n2)c1. The first-order valence-corrected chi connectivity index (χ1v) is 9.21. The molecule has 0 saturated carbocycles. The zero-order valence-corrected chi connectivity index (χ0v) is 15.2. The lowest BCUT2D eigenvalue weighted by molar-refractivity contribution is -0.128. The minimum atomic E-state index is 0.253. The average molecular weight is 366 g/mol. The van der Waals surface area contributed by atoms with Crippen molar-refractivity contribution < 1.29 is 4.79 Å². The Labute approximate surface area is 157 Å². The Balaban J connectivity index is 1.46. The van der Waals surface area contributed by atoms with Gasteiger partial charge in [-0.25, -0.2) is 4.98 Å². The molecule has 3 aromatic rings. The average Bonchev–Trinajstić information content (AvgIpc) is 3.05. The van der Waals surface area contributed by atoms with Gasteiger partial charge in [-0.1, -0.05) is 60.1 Å². The smallest absolute Gasteiger partial charge is 0.222 e. The summed E-state index contributed by atoms with van der Waals surface area (Å²) >= 11 is 6.29. The third kappa shape index (κ3) is 3.65. The zero-order valence-electron chi connectivity index (χ0n) is 14.4. The van der Waals surface area contributed by atoms with Crippen LogP contribution in [0.5, 0.6) is 0 Å². The standard InChI is InChI=1S/C21H20ClN3O/c22-21-18-8-2-1-7-17(18)12-19(24-21)23-13-15-5-3-6-16(11-15)14-25-10-4-9-20(25)26/h1-3,5-8,11-12H,4,9-10,13-14H2,(H,23,24). The fraction of sp³-hybridized carbons (Fsp3) is 0.238. The lowest BCUT2D eigenvalue weighted by Gasteiger charge is -2.16. The highest BCUT2D eigenvalue weighted by atomic mass is 35.5. The van der Waals surface area contributed by atoms with E-state index in [0.717, 1.165) is 40.7 Å². The first-order chi connectivity index (χ1) is 12.7. The zero-order chi connectivity index (χ0) is 17.9. The number of anilines is 1. The van der Waals surface area contributed by atoms with E-state index in [2.05, 4.69) is 28.5 Å². The number of benzene rings is 2. The Morgan fingerprint density at radius 3 is 2.77 bits per heavy atom. The van der Waals surface area contributed by atoms with Gasteiger partial charge in [-0.2, -0.15) is 0 Å². The molecule has 0 aliphatic carbocycles. The summed E-state index contributed by atoms with van der Waals surface area (Å²) in [6.45, 7) is 2.21. The number of halogens is 1. The Bertz CT molecular complexity index is 957. The van der Waals surface area contributed by atoms with Crippen molar-refractivity contribution >= 4 is 34.1 Å². The van der Waals surface area contributed by atoms with Gasteiger partial charge in [-0.15, -0.1) is 0 Å². The molecule has 1 aliphatic heterocycles. The lowest BCUT2D eigenvalue weighted by atomic mass is 10.1. The molecule has 2 aromatic carbocycles. The number of likely N-dealkylation sites (tertiary alicyclic amines) is 1. The maximum atomic E-state index is 11.8. The highest BCUT2D eigenvalue weighted by Gasteiger charge is 2.19. The Kier molecular flexibility index (Phi) is 4.76. The molecule has 4 nitrogen and oxygen atoms in total. The molecule has 0 spiro atoms. The quantitative estimate of drug-likeness (QED) is 0.671. The third-order valence-electron chi connectivity index (χ3n) is 4.70. The summed E-state index contributed by atoms with van der Waals surface area (Å²) in [4.78, 5) is 18.2. The molecule has 1 aromatic heterocycles. The van der Waals surface area contributed by atoms with Gasteiger partial charge in [0.1, 0.15) is 11.0 Å². The number of carbonyl (C=O) groups is 1. The van der Waals surface area contributed by atoms with Crippen molar-refractivity contribution in [3.63, 3.8) is 0 Å². The van der Waals surface area contributed by atoms with Crippen LogP contribution in [0.25, 0.3) is 10.8 Å². The normalized spacial score (nSPS) is 14.2. The molecule has 1 N–H and O–H groups in total. The van der Waals surface area contributed by atoms with Gasteiger partial charge in [-0.3, -0.25) is 4.79 Å². The Morgan fingerprint density at radius 1 is 1.08 bits per heavy atom. The van der Waals surface area contributed by atoms with Crippen LogP contribution in [-0.4, -0.2) is 22.3 Å². The molecule has 1 amide bonds. The first-order valence-electron chi connectivity index (χ1n) is 8.84. The number of rotatable bonds is 5. The van der Waals surface area contributed by atoms with E-state index in [-0.39, 0.29) is 5.91 Å². The van der Waals surface area contributed by atoms with Crippen molar-refractivity contribution in [1.29, 1.82) is 0 Å². The predicted octanol–water partition coefficient (Wildman–Crippen LogP) is 4.62. The number of aromatic nitrogens is 1. The molecule has 2 heterocycles. The summed E-state index contributed by atoms with van der Waals surface area (Å²) in [6.07, 6.45) is 1.64. The molecule has 0 atom stereocenters. The molecule has 0 unspecified atom stereocenters. The fourth-order valence-electron chi connectivity index (χ4n) is 3.37. The topological polar surface area (TPSA) is 45.2 Å². The van der Waals surface area contributed by atoms with Gasteiger partial charge in [0.05, 0.1) is 0 Å². The summed E-state index contributed by atoms with van der Waals surface area (Å²) in [5, 5.41) is 5.88. The van der Waals surface area contributed by atoms with E-state index >= 15 is 0 Å². The summed E-state index contributed by atoms with van der Waals surface area (Å²) < 4.78 is 0. The second-order valence-corrected chi connectivity index (χ2v) is 6.97. The van der Waals surface area contributed by atoms with E-state index in [0.29, 0.717) is 24.7 Å². The highest BCUT2D eigenvalue weighted by molar-refractivity contribution is 6.34. The van der Waals surface area contributed by atoms with Gasteiger partial charge < -0.3 is 10.2 Å². The summed E-state index contributed by atoms with van der Waals surface area (Å²) in [5.41, 5.74) is 2.31. The largest absolute Gasteiger partial charge is 0.366 e. The number of hydrogen-bond acceptors (Lipinski definition) is 3. The summed E-state index contributed by atoms with van der Waals surface area (Å²) in [5.74, 6) is 1.01. The van der Waals surface area contributed by atoms with E-state index in [1.807, 2.05) is 41.3 Å². The van der Waals surface area contributed by atoms with Gasteiger partial charge >= 0.3 is 0 Å². The van der Waals surface area contributed by atoms with Gasteiger partial charge in [0, 0.05) is 31.4 Å². The molecule has 1 aliphatic rings. The Morgan fingerprint density at radius 2 is 1.92 bits per heavy atom. The second kappa shape index (κ2) is 7.34. The summed E-state index contributed by atoms with van der Waals surface area (Å²) in [7, 11) is 0. The van der Waals surface area contributed by atoms with Gasteiger partial charge in [0.25, 0.3) is 0 Å². The second-order valence-electron chi connectivity index (χ2n) is 6.61. The third-order valence-corrected chi connectivity index (χ3v) is 4.99. The van der Waals surface area contributed by atoms with Crippen molar-refractivity contribution in [2.45, 2.75) is 25.9 Å². The molecule has 0 radical (unpaired) electrons. The fourth-order valence-corrected chi connectivity index (χ4v) is 3.63. The maximum Gasteiger partial charge on any atom is 0.222 e. The number of hydrogen-bond donors (Lipinski definition) is 1. The van der Waals surface area contributed by atoms with Crippen LogP contribution in [0.4, 0.5) is 5.82 Å². The van der Waals surface area contributed by atoms with Crippen molar-refractivity contribution in [3.8, 4) is 0 Å². The Hall–Kier alpha value is -2.59. The van der Waals surface area contributed by atoms with E-state index < -0.39 is 0 Å². The monoisotopic (exact) mass is 365 g/mol. The molecule has 4 rings (SSSR count). The van der Waals surface area contributed by atoms with Crippen molar-refractivity contribution in [3.05, 3.63) is 70.9 Å². The molecule has 1 saturated heterocycles. The minimum Gasteiger partial charge on any atom is -0.366 e. The molecule has 26 heavy (non-hydrogen) atoms. The molecule has 1 fully saturated rings. The van der Waals surface area contributed by atoms with Crippen LogP contribution in [0.15, 0.2) is 54.6 Å². The van der Waals surface area contributed by atoms with Gasteiger partial charge in [0.15, 0.2) is 0 Å². The number of fused-ring (bicyclic) bond motifs is 1. The molecule has 0 bridgehead atoms. The number of carbonyl (C=O) groups excluding carboxylic acids is 1. The molecule has 132 valence electrons. The number of nitrogens with zero attached hydrogens (tertiary/aromatic N) is 2. The van der Waals surface area contributed by atoms with Crippen LogP contribution in [0, 0.1) is 0 Å². The minimum absolute atomic E-state index is 0.253. The predicted molar refractivity (Wildman–Crippen MR) is 105 cm³/mol. The van der Waals surface area contributed by atoms with Gasteiger partial charge in [0.2, 0.25) is 5.91 Å². The van der Waals surface area contributed by atoms with E-state index in [1.165, 1.54) is 0 Å². The van der Waals surface area contributed by atoms with Crippen molar-refractivity contribution in [2.24, 2.45) is 0 Å². The van der Waals surface area contributed by atoms with Crippen LogP contribution in [0.1, 0.15) is 24.0 Å². The number of nitrogens with one attached hydrogen (secondary N) is 1. The molecular formula is C21H20ClN3O. The number of pyridine rings is 1. The van der Waals surface area contributed by atoms with Crippen LogP contribution >= 0.6 is 11.6 Å². The van der Waals surface area contributed by atoms with E-state index in [1.54, 1.807) is 0 Å². The van der Waals surface area contributed by atoms with Gasteiger partial charge in [-0.05, 0) is 29.0 Å². The number of amides is 1. The van der Waals surface area contributed by atoms with Crippen molar-refractivity contribution in [1.82, 2.24) is 9.88 Å². The molecule has 5 heteroatoms. The lowest BCUT2D eigenvalue weighted by Crippen LogP contribution is -2.23. The van der Waals surface area contributed by atoms with Crippen LogP contribution < -0.4 is 5.32 Å². The maximum absolute atomic E-state index is 11.8. The first kappa shape index (κ1) is 16.9. The van der Waals surface area contributed by atoms with Crippen LogP contribution in [0.3, 0.4) is 0 Å².